The van der Waals surface area contributed by atoms with Gasteiger partial charge in [-0.25, -0.2) is 4.79 Å². The Morgan fingerprint density at radius 2 is 1.77 bits per heavy atom. The number of ketones is 1. The topological polar surface area (TPSA) is 90.9 Å². The Kier molecular flexibility index (Phi) is 6.44. The Balaban J connectivity index is 1.87. The molecule has 1 aliphatic heterocycles. The highest BCUT2D eigenvalue weighted by molar-refractivity contribution is 6.04. The molecule has 0 spiro atoms. The minimum absolute atomic E-state index is 0.0147. The molecule has 1 heterocycles. The molecule has 0 bridgehead atoms. The molecule has 0 atom stereocenters. The number of carbonyl (C=O) groups excluding carboxylic acids is 3. The number of anilines is 1. The molecule has 0 amide bonds. The summed E-state index contributed by atoms with van der Waals surface area (Å²) >= 11 is 0. The van der Waals surface area contributed by atoms with Crippen LogP contribution in [0.15, 0.2) is 29.8 Å². The summed E-state index contributed by atoms with van der Waals surface area (Å²) in [5, 5.41) is 3.01. The molecule has 2 aromatic carbocycles. The Morgan fingerprint density at radius 3 is 2.45 bits per heavy atom. The maximum Gasteiger partial charge on any atom is 0.339 e. The molecule has 0 radical (unpaired) electrons. The van der Waals surface area contributed by atoms with Gasteiger partial charge < -0.3 is 19.5 Å². The normalized spacial score (nSPS) is 12.2. The minimum Gasteiger partial charge on any atom is -0.488 e. The number of Topliss-reactive ketones (excluding diaryl/α,β-unsaturated/α-hetero) is 1. The van der Waals surface area contributed by atoms with Gasteiger partial charge in [-0.1, -0.05) is 12.1 Å². The maximum absolute atomic E-state index is 12.8. The average molecular weight is 423 g/mol. The van der Waals surface area contributed by atoms with Gasteiger partial charge in [-0.2, -0.15) is 0 Å². The van der Waals surface area contributed by atoms with Crippen LogP contribution < -0.4 is 14.8 Å². The summed E-state index contributed by atoms with van der Waals surface area (Å²) in [5.74, 6) is 0.117. The van der Waals surface area contributed by atoms with Crippen LogP contribution in [0.25, 0.3) is 6.08 Å². The fraction of sp³-hybridized carbons (Fsp3) is 0.292. The molecule has 0 aliphatic carbocycles. The van der Waals surface area contributed by atoms with Crippen LogP contribution in [0.5, 0.6) is 11.5 Å². The van der Waals surface area contributed by atoms with Gasteiger partial charge in [-0.15, -0.1) is 0 Å². The van der Waals surface area contributed by atoms with Crippen LogP contribution in [0.3, 0.4) is 0 Å². The molecule has 7 heteroatoms. The van der Waals surface area contributed by atoms with Crippen molar-refractivity contribution in [3.8, 4) is 11.5 Å². The van der Waals surface area contributed by atoms with Gasteiger partial charge in [0, 0.05) is 29.3 Å². The zero-order chi connectivity index (χ0) is 22.7. The number of fused-ring (bicyclic) bond motifs is 1. The highest BCUT2D eigenvalue weighted by atomic mass is 16.5. The second kappa shape index (κ2) is 9.04. The largest absolute Gasteiger partial charge is 0.488 e. The van der Waals surface area contributed by atoms with E-state index in [0.29, 0.717) is 28.3 Å². The van der Waals surface area contributed by atoms with Crippen LogP contribution in [-0.2, 0) is 14.3 Å². The van der Waals surface area contributed by atoms with E-state index in [9.17, 15) is 14.4 Å². The minimum atomic E-state index is -0.482. The van der Waals surface area contributed by atoms with Crippen molar-refractivity contribution in [2.75, 3.05) is 25.6 Å². The highest BCUT2D eigenvalue weighted by Crippen LogP contribution is 2.41. The van der Waals surface area contributed by atoms with Gasteiger partial charge in [0.1, 0.15) is 18.1 Å². The lowest BCUT2D eigenvalue weighted by molar-refractivity contribution is -0.132. The molecule has 7 nitrogen and oxygen atoms in total. The van der Waals surface area contributed by atoms with E-state index in [-0.39, 0.29) is 18.9 Å². The van der Waals surface area contributed by atoms with E-state index in [4.69, 9.17) is 14.2 Å². The molecular formula is C24H25NO6. The molecule has 0 saturated heterocycles. The van der Waals surface area contributed by atoms with Crippen LogP contribution in [0.4, 0.5) is 5.69 Å². The number of nitrogens with one attached hydrogen (secondary N) is 1. The van der Waals surface area contributed by atoms with E-state index in [0.717, 1.165) is 22.3 Å². The van der Waals surface area contributed by atoms with Crippen LogP contribution in [0.2, 0.25) is 0 Å². The first-order chi connectivity index (χ1) is 14.7. The van der Waals surface area contributed by atoms with Crippen LogP contribution in [0, 0.1) is 20.8 Å². The molecule has 1 aliphatic rings. The SMILES string of the molecule is COC(=O)c1ccccc1NCC(=O)C1=Cc2c(C)c(OC(C)=O)c(C)c(C)c2OC1. The number of para-hydroxylation sites is 1. The highest BCUT2D eigenvalue weighted by Gasteiger charge is 2.25. The second-order valence-electron chi connectivity index (χ2n) is 7.31. The number of esters is 2. The fourth-order valence-corrected chi connectivity index (χ4v) is 3.51. The van der Waals surface area contributed by atoms with Gasteiger partial charge in [-0.05, 0) is 50.1 Å². The Morgan fingerprint density at radius 1 is 1.06 bits per heavy atom. The number of methoxy groups -OCH3 is 1. The van der Waals surface area contributed by atoms with Gasteiger partial charge >= 0.3 is 11.9 Å². The number of rotatable bonds is 6. The first-order valence-corrected chi connectivity index (χ1v) is 9.84. The van der Waals surface area contributed by atoms with Crippen molar-refractivity contribution >= 4 is 29.5 Å². The van der Waals surface area contributed by atoms with Gasteiger partial charge in [0.2, 0.25) is 0 Å². The molecule has 0 fully saturated rings. The summed E-state index contributed by atoms with van der Waals surface area (Å²) in [7, 11) is 1.31. The molecule has 162 valence electrons. The van der Waals surface area contributed by atoms with Gasteiger partial charge in [0.25, 0.3) is 0 Å². The van der Waals surface area contributed by atoms with Crippen molar-refractivity contribution in [3.63, 3.8) is 0 Å². The van der Waals surface area contributed by atoms with Crippen molar-refractivity contribution in [1.82, 2.24) is 0 Å². The van der Waals surface area contributed by atoms with Crippen molar-refractivity contribution in [3.05, 3.63) is 57.7 Å². The zero-order valence-corrected chi connectivity index (χ0v) is 18.3. The van der Waals surface area contributed by atoms with Gasteiger partial charge in [0.15, 0.2) is 5.78 Å². The van der Waals surface area contributed by atoms with E-state index < -0.39 is 11.9 Å². The number of benzene rings is 2. The molecule has 2 aromatic rings. The summed E-state index contributed by atoms with van der Waals surface area (Å²) < 4.78 is 16.1. The van der Waals surface area contributed by atoms with E-state index >= 15 is 0 Å². The Labute approximate surface area is 181 Å². The summed E-state index contributed by atoms with van der Waals surface area (Å²) in [5.41, 5.74) is 4.51. The standard InChI is InChI=1S/C24H25NO6/c1-13-14(2)23-19(15(3)22(13)31-16(4)26)10-17(12-30-23)21(27)11-25-20-9-7-6-8-18(20)24(28)29-5/h6-10,25H,11-12H2,1-5H3. The zero-order valence-electron chi connectivity index (χ0n) is 18.3. The monoisotopic (exact) mass is 423 g/mol. The third-order valence-corrected chi connectivity index (χ3v) is 5.30. The predicted molar refractivity (Wildman–Crippen MR) is 117 cm³/mol. The number of hydrogen-bond donors (Lipinski definition) is 1. The quantitative estimate of drug-likeness (QED) is 0.558. The lowest BCUT2D eigenvalue weighted by Crippen LogP contribution is -2.23. The van der Waals surface area contributed by atoms with E-state index in [1.165, 1.54) is 14.0 Å². The predicted octanol–water partition coefficient (Wildman–Crippen LogP) is 3.78. The average Bonchev–Trinajstić information content (AvgIpc) is 2.77. The van der Waals surface area contributed by atoms with Gasteiger partial charge in [0.05, 0.1) is 19.2 Å². The van der Waals surface area contributed by atoms with Crippen molar-refractivity contribution in [2.24, 2.45) is 0 Å². The van der Waals surface area contributed by atoms with Gasteiger partial charge in [-0.3, -0.25) is 9.59 Å². The van der Waals surface area contributed by atoms with E-state index in [2.05, 4.69) is 5.32 Å². The molecule has 31 heavy (non-hydrogen) atoms. The summed E-state index contributed by atoms with van der Waals surface area (Å²) in [6.07, 6.45) is 1.78. The van der Waals surface area contributed by atoms with E-state index in [1.807, 2.05) is 20.8 Å². The Bertz CT molecular complexity index is 1100. The molecule has 3 rings (SSSR count). The van der Waals surface area contributed by atoms with Crippen molar-refractivity contribution in [1.29, 1.82) is 0 Å². The molecule has 1 N–H and O–H groups in total. The number of ether oxygens (including phenoxy) is 3. The summed E-state index contributed by atoms with van der Waals surface area (Å²) in [4.78, 5) is 36.3. The van der Waals surface area contributed by atoms with Crippen molar-refractivity contribution in [2.45, 2.75) is 27.7 Å². The molecule has 0 saturated carbocycles. The lowest BCUT2D eigenvalue weighted by atomic mass is 9.93. The Hall–Kier alpha value is -3.61. The van der Waals surface area contributed by atoms with Crippen molar-refractivity contribution < 1.29 is 28.6 Å². The second-order valence-corrected chi connectivity index (χ2v) is 7.31. The van der Waals surface area contributed by atoms with Crippen LogP contribution in [0.1, 0.15) is 39.5 Å². The molecule has 0 unspecified atom stereocenters. The maximum atomic E-state index is 12.8. The lowest BCUT2D eigenvalue weighted by Gasteiger charge is -2.24. The molecule has 0 aromatic heterocycles. The number of carbonyl (C=O) groups is 3. The summed E-state index contributed by atoms with van der Waals surface area (Å²) in [6, 6.07) is 6.83. The first-order valence-electron chi connectivity index (χ1n) is 9.84. The van der Waals surface area contributed by atoms with Crippen LogP contribution >= 0.6 is 0 Å². The number of hydrogen-bond acceptors (Lipinski definition) is 7. The molecular weight excluding hydrogens is 398 g/mol. The third-order valence-electron chi connectivity index (χ3n) is 5.30. The first kappa shape index (κ1) is 22.1. The van der Waals surface area contributed by atoms with Crippen LogP contribution in [-0.4, -0.2) is 38.0 Å². The fourth-order valence-electron chi connectivity index (χ4n) is 3.51. The van der Waals surface area contributed by atoms with E-state index in [1.54, 1.807) is 30.3 Å². The third kappa shape index (κ3) is 4.45. The summed E-state index contributed by atoms with van der Waals surface area (Å²) in [6.45, 7) is 7.08. The smallest absolute Gasteiger partial charge is 0.339 e.